The molecule has 0 radical (unpaired) electrons. The van der Waals surface area contributed by atoms with E-state index >= 15 is 0 Å². The van der Waals surface area contributed by atoms with Gasteiger partial charge in [0.05, 0.1) is 7.11 Å². The Morgan fingerprint density at radius 3 is 2.33 bits per heavy atom. The largest absolute Gasteiger partial charge is 0.496 e. The first kappa shape index (κ1) is 12.2. The number of aryl methyl sites for hydroxylation is 2. The minimum atomic E-state index is 0.918. The van der Waals surface area contributed by atoms with E-state index in [-0.39, 0.29) is 0 Å². The van der Waals surface area contributed by atoms with Crippen LogP contribution in [0.1, 0.15) is 17.5 Å². The quantitative estimate of drug-likeness (QED) is 0.593. The Morgan fingerprint density at radius 1 is 1.27 bits per heavy atom. The van der Waals surface area contributed by atoms with E-state index in [1.807, 2.05) is 0 Å². The zero-order valence-electron chi connectivity index (χ0n) is 9.63. The lowest BCUT2D eigenvalue weighted by molar-refractivity contribution is 0.408. The minimum absolute atomic E-state index is 0.918. The van der Waals surface area contributed by atoms with Crippen LogP contribution in [0.3, 0.4) is 0 Å². The van der Waals surface area contributed by atoms with E-state index in [4.69, 9.17) is 4.74 Å². The van der Waals surface area contributed by atoms with Gasteiger partial charge in [0.25, 0.3) is 0 Å². The third-order valence-electron chi connectivity index (χ3n) is 2.33. The summed E-state index contributed by atoms with van der Waals surface area (Å²) in [5, 5.41) is 3.37. The first-order valence-electron chi connectivity index (χ1n) is 5.19. The standard InChI is InChI=1S/C12H19NOS/c1-9-7-11(13-5-4-6-15)8-10(2)12(9)14-3/h7-8,13,15H,4-6H2,1-3H3. The lowest BCUT2D eigenvalue weighted by atomic mass is 10.1. The molecule has 0 aliphatic rings. The maximum absolute atomic E-state index is 5.32. The number of thiol groups is 1. The fourth-order valence-corrected chi connectivity index (χ4v) is 1.84. The molecule has 0 aliphatic carbocycles. The summed E-state index contributed by atoms with van der Waals surface area (Å²) in [6, 6.07) is 4.23. The summed E-state index contributed by atoms with van der Waals surface area (Å²) in [7, 11) is 1.71. The van der Waals surface area contributed by atoms with Gasteiger partial charge in [-0.2, -0.15) is 12.6 Å². The Balaban J connectivity index is 2.75. The number of hydrogen-bond acceptors (Lipinski definition) is 3. The molecule has 0 atom stereocenters. The van der Waals surface area contributed by atoms with Crippen molar-refractivity contribution in [2.24, 2.45) is 0 Å². The van der Waals surface area contributed by atoms with Crippen LogP contribution in [0.25, 0.3) is 0 Å². The molecule has 84 valence electrons. The van der Waals surface area contributed by atoms with Crippen molar-refractivity contribution >= 4 is 18.3 Å². The second-order valence-electron chi connectivity index (χ2n) is 3.65. The van der Waals surface area contributed by atoms with Crippen LogP contribution < -0.4 is 10.1 Å². The molecule has 0 unspecified atom stereocenters. The average Bonchev–Trinajstić information content (AvgIpc) is 2.18. The average molecular weight is 225 g/mol. The number of rotatable bonds is 5. The van der Waals surface area contributed by atoms with Gasteiger partial charge in [-0.1, -0.05) is 0 Å². The van der Waals surface area contributed by atoms with Crippen molar-refractivity contribution in [3.63, 3.8) is 0 Å². The highest BCUT2D eigenvalue weighted by atomic mass is 32.1. The molecule has 15 heavy (non-hydrogen) atoms. The van der Waals surface area contributed by atoms with Gasteiger partial charge >= 0.3 is 0 Å². The molecule has 0 fully saturated rings. The summed E-state index contributed by atoms with van der Waals surface area (Å²) in [6.07, 6.45) is 1.08. The Kier molecular flexibility index (Phi) is 4.82. The molecule has 0 amide bonds. The van der Waals surface area contributed by atoms with Gasteiger partial charge < -0.3 is 10.1 Å². The molecule has 3 heteroatoms. The number of benzene rings is 1. The maximum atomic E-state index is 5.32. The molecule has 2 nitrogen and oxygen atoms in total. The Bertz CT molecular complexity index is 302. The molecule has 1 aromatic rings. The number of ether oxygens (including phenoxy) is 1. The highest BCUT2D eigenvalue weighted by molar-refractivity contribution is 7.80. The van der Waals surface area contributed by atoms with Crippen molar-refractivity contribution in [2.75, 3.05) is 24.7 Å². The summed E-state index contributed by atoms with van der Waals surface area (Å²) in [6.45, 7) is 5.10. The van der Waals surface area contributed by atoms with E-state index in [2.05, 4.69) is 43.9 Å². The molecule has 1 aromatic carbocycles. The molecule has 1 rings (SSSR count). The predicted octanol–water partition coefficient (Wildman–Crippen LogP) is 3.04. The van der Waals surface area contributed by atoms with Crippen molar-refractivity contribution in [3.05, 3.63) is 23.3 Å². The van der Waals surface area contributed by atoms with Gasteiger partial charge in [-0.05, 0) is 49.3 Å². The molecular weight excluding hydrogens is 206 g/mol. The van der Waals surface area contributed by atoms with Crippen LogP contribution in [0.2, 0.25) is 0 Å². The van der Waals surface area contributed by atoms with Crippen LogP contribution in [0, 0.1) is 13.8 Å². The summed E-state index contributed by atoms with van der Waals surface area (Å²) < 4.78 is 5.32. The van der Waals surface area contributed by atoms with Crippen molar-refractivity contribution in [2.45, 2.75) is 20.3 Å². The summed E-state index contributed by atoms with van der Waals surface area (Å²) in [4.78, 5) is 0. The molecular formula is C12H19NOS. The predicted molar refractivity (Wildman–Crippen MR) is 69.4 cm³/mol. The van der Waals surface area contributed by atoms with Gasteiger partial charge in [0, 0.05) is 12.2 Å². The Labute approximate surface area is 97.4 Å². The zero-order valence-corrected chi connectivity index (χ0v) is 10.5. The van der Waals surface area contributed by atoms with Gasteiger partial charge in [0.1, 0.15) is 5.75 Å². The van der Waals surface area contributed by atoms with Crippen molar-refractivity contribution in [1.82, 2.24) is 0 Å². The van der Waals surface area contributed by atoms with Crippen molar-refractivity contribution in [3.8, 4) is 5.75 Å². The van der Waals surface area contributed by atoms with Gasteiger partial charge in [-0.3, -0.25) is 0 Å². The van der Waals surface area contributed by atoms with Crippen LogP contribution in [0.15, 0.2) is 12.1 Å². The topological polar surface area (TPSA) is 21.3 Å². The Hall–Kier alpha value is -0.830. The molecule has 0 bridgehead atoms. The van der Waals surface area contributed by atoms with Gasteiger partial charge in [-0.15, -0.1) is 0 Å². The van der Waals surface area contributed by atoms with E-state index in [1.54, 1.807) is 7.11 Å². The SMILES string of the molecule is COc1c(C)cc(NCCCS)cc1C. The second-order valence-corrected chi connectivity index (χ2v) is 4.09. The Morgan fingerprint density at radius 2 is 1.87 bits per heavy atom. The number of methoxy groups -OCH3 is 1. The fraction of sp³-hybridized carbons (Fsp3) is 0.500. The highest BCUT2D eigenvalue weighted by Crippen LogP contribution is 2.26. The summed E-state index contributed by atoms with van der Waals surface area (Å²) in [5.74, 6) is 1.90. The third kappa shape index (κ3) is 3.34. The minimum Gasteiger partial charge on any atom is -0.496 e. The van der Waals surface area contributed by atoms with Gasteiger partial charge in [0.15, 0.2) is 0 Å². The van der Waals surface area contributed by atoms with Crippen molar-refractivity contribution < 1.29 is 4.74 Å². The molecule has 1 N–H and O–H groups in total. The van der Waals surface area contributed by atoms with E-state index in [0.717, 1.165) is 30.2 Å². The highest BCUT2D eigenvalue weighted by Gasteiger charge is 2.04. The van der Waals surface area contributed by atoms with E-state index in [9.17, 15) is 0 Å². The first-order valence-corrected chi connectivity index (χ1v) is 5.82. The van der Waals surface area contributed by atoms with Crippen LogP contribution in [0.5, 0.6) is 5.75 Å². The van der Waals surface area contributed by atoms with Crippen LogP contribution in [0.4, 0.5) is 5.69 Å². The molecule has 0 saturated heterocycles. The van der Waals surface area contributed by atoms with Crippen LogP contribution in [-0.2, 0) is 0 Å². The molecule has 0 aromatic heterocycles. The first-order chi connectivity index (χ1) is 7.19. The van der Waals surface area contributed by atoms with E-state index < -0.39 is 0 Å². The zero-order chi connectivity index (χ0) is 11.3. The van der Waals surface area contributed by atoms with Crippen LogP contribution in [-0.4, -0.2) is 19.4 Å². The number of nitrogens with one attached hydrogen (secondary N) is 1. The molecule has 0 saturated carbocycles. The second kappa shape index (κ2) is 5.91. The summed E-state index contributed by atoms with van der Waals surface area (Å²) >= 11 is 4.18. The van der Waals surface area contributed by atoms with Gasteiger partial charge in [-0.25, -0.2) is 0 Å². The number of hydrogen-bond donors (Lipinski definition) is 2. The van der Waals surface area contributed by atoms with Crippen molar-refractivity contribution in [1.29, 1.82) is 0 Å². The third-order valence-corrected chi connectivity index (χ3v) is 2.64. The molecule has 0 aliphatic heterocycles. The molecule has 0 heterocycles. The normalized spacial score (nSPS) is 10.1. The van der Waals surface area contributed by atoms with E-state index in [0.29, 0.717) is 0 Å². The lowest BCUT2D eigenvalue weighted by Crippen LogP contribution is -2.03. The monoisotopic (exact) mass is 225 g/mol. The van der Waals surface area contributed by atoms with E-state index in [1.165, 1.54) is 11.1 Å². The van der Waals surface area contributed by atoms with Gasteiger partial charge in [0.2, 0.25) is 0 Å². The lowest BCUT2D eigenvalue weighted by Gasteiger charge is -2.12. The summed E-state index contributed by atoms with van der Waals surface area (Å²) in [5.41, 5.74) is 3.50. The molecule has 0 spiro atoms. The number of anilines is 1. The maximum Gasteiger partial charge on any atom is 0.124 e. The van der Waals surface area contributed by atoms with Crippen LogP contribution >= 0.6 is 12.6 Å². The smallest absolute Gasteiger partial charge is 0.124 e. The fourth-order valence-electron chi connectivity index (χ4n) is 1.69.